The minimum atomic E-state index is -3.68. The number of fused-ring (bicyclic) bond motifs is 3. The zero-order chi connectivity index (χ0) is 25.6. The van der Waals surface area contributed by atoms with E-state index in [2.05, 4.69) is 41.7 Å². The number of hydrogen-bond donors (Lipinski definition) is 2. The molecule has 3 atom stereocenters. The average molecular weight is 510 g/mol. The van der Waals surface area contributed by atoms with Gasteiger partial charge >= 0.3 is 0 Å². The molecule has 1 fully saturated rings. The second-order valence-electron chi connectivity index (χ2n) is 9.77. The molecule has 0 saturated carbocycles. The lowest BCUT2D eigenvalue weighted by Crippen LogP contribution is -2.57. The van der Waals surface area contributed by atoms with Gasteiger partial charge in [-0.05, 0) is 41.7 Å². The molecule has 0 radical (unpaired) electrons. The molecule has 2 aliphatic rings. The summed E-state index contributed by atoms with van der Waals surface area (Å²) in [6.07, 6.45) is -0.381. The van der Waals surface area contributed by atoms with Gasteiger partial charge in [0, 0.05) is 0 Å². The maximum atomic E-state index is 11.7. The van der Waals surface area contributed by atoms with Gasteiger partial charge < -0.3 is 14.6 Å². The molecular weight excluding hydrogens is 478 g/mol. The predicted molar refractivity (Wildman–Crippen MR) is 137 cm³/mol. The summed E-state index contributed by atoms with van der Waals surface area (Å²) in [6.45, 7) is 3.05. The van der Waals surface area contributed by atoms with Crippen molar-refractivity contribution in [2.24, 2.45) is 0 Å². The van der Waals surface area contributed by atoms with E-state index >= 15 is 0 Å². The highest BCUT2D eigenvalue weighted by Crippen LogP contribution is 2.51. The van der Waals surface area contributed by atoms with Crippen LogP contribution in [0.2, 0.25) is 0 Å². The first-order valence-electron chi connectivity index (χ1n) is 12.0. The maximum absolute atomic E-state index is 11.7. The molecule has 3 aromatic carbocycles. The smallest absolute Gasteiger partial charge is 0.264 e. The monoisotopic (exact) mass is 509 g/mol. The first kappa shape index (κ1) is 25.1. The van der Waals surface area contributed by atoms with E-state index in [0.29, 0.717) is 0 Å². The van der Waals surface area contributed by atoms with Gasteiger partial charge in [0.2, 0.25) is 0 Å². The fourth-order valence-electron chi connectivity index (χ4n) is 5.51. The molecular formula is C28H31NO6S. The summed E-state index contributed by atoms with van der Waals surface area (Å²) in [6, 6.07) is 26.0. The molecule has 8 heteroatoms. The SMILES string of the molecule is CC1(C)O[C@H]([C@H](CO)NC2(c3ccccc3)c3ccccc3-c3ccccc32)[C@@H](COS(C)(=O)=O)O1. The van der Waals surface area contributed by atoms with Gasteiger partial charge in [-0.1, -0.05) is 78.9 Å². The van der Waals surface area contributed by atoms with Crippen LogP contribution in [0.4, 0.5) is 0 Å². The maximum Gasteiger partial charge on any atom is 0.264 e. The zero-order valence-corrected chi connectivity index (χ0v) is 21.4. The molecule has 0 amide bonds. The van der Waals surface area contributed by atoms with E-state index in [-0.39, 0.29) is 13.2 Å². The van der Waals surface area contributed by atoms with Crippen LogP contribution in [0.3, 0.4) is 0 Å². The van der Waals surface area contributed by atoms with Gasteiger partial charge in [-0.25, -0.2) is 0 Å². The first-order valence-corrected chi connectivity index (χ1v) is 13.8. The van der Waals surface area contributed by atoms with Gasteiger partial charge in [-0.2, -0.15) is 8.42 Å². The molecule has 0 bridgehead atoms. The Bertz CT molecular complexity index is 1300. The van der Waals surface area contributed by atoms with Crippen LogP contribution in [0, 0.1) is 0 Å². The third kappa shape index (κ3) is 4.49. The van der Waals surface area contributed by atoms with E-state index in [9.17, 15) is 13.5 Å². The van der Waals surface area contributed by atoms with Crippen LogP contribution in [0.5, 0.6) is 0 Å². The highest BCUT2D eigenvalue weighted by Gasteiger charge is 2.51. The molecule has 1 aliphatic carbocycles. The fourth-order valence-corrected chi connectivity index (χ4v) is 5.89. The second-order valence-corrected chi connectivity index (χ2v) is 11.4. The molecule has 3 aromatic rings. The molecule has 0 aromatic heterocycles. The summed E-state index contributed by atoms with van der Waals surface area (Å²) in [4.78, 5) is 0. The number of aliphatic hydroxyl groups is 1. The number of hydrogen-bond acceptors (Lipinski definition) is 7. The van der Waals surface area contributed by atoms with E-state index < -0.39 is 39.7 Å². The summed E-state index contributed by atoms with van der Waals surface area (Å²) in [7, 11) is -3.68. The van der Waals surface area contributed by atoms with Crippen molar-refractivity contribution in [3.05, 3.63) is 95.6 Å². The number of aliphatic hydroxyl groups excluding tert-OH is 1. The van der Waals surface area contributed by atoms with Crippen molar-refractivity contribution in [3.8, 4) is 11.1 Å². The van der Waals surface area contributed by atoms with Gasteiger partial charge in [0.1, 0.15) is 12.2 Å². The molecule has 7 nitrogen and oxygen atoms in total. The molecule has 1 saturated heterocycles. The highest BCUT2D eigenvalue weighted by atomic mass is 32.2. The van der Waals surface area contributed by atoms with E-state index in [1.165, 1.54) is 0 Å². The molecule has 1 aliphatic heterocycles. The Labute approximate surface area is 212 Å². The normalized spacial score (nSPS) is 22.7. The van der Waals surface area contributed by atoms with Gasteiger partial charge in [-0.15, -0.1) is 0 Å². The second kappa shape index (κ2) is 9.37. The predicted octanol–water partition coefficient (Wildman–Crippen LogP) is 3.41. The minimum absolute atomic E-state index is 0.212. The summed E-state index contributed by atoms with van der Waals surface area (Å²) in [5.74, 6) is -0.975. The molecule has 190 valence electrons. The quantitative estimate of drug-likeness (QED) is 0.450. The largest absolute Gasteiger partial charge is 0.395 e. The lowest BCUT2D eigenvalue weighted by Gasteiger charge is -2.39. The van der Waals surface area contributed by atoms with E-state index in [4.69, 9.17) is 13.7 Å². The molecule has 1 heterocycles. The molecule has 2 N–H and O–H groups in total. The van der Waals surface area contributed by atoms with Crippen LogP contribution < -0.4 is 5.32 Å². The van der Waals surface area contributed by atoms with E-state index in [1.54, 1.807) is 13.8 Å². The topological polar surface area (TPSA) is 94.1 Å². The van der Waals surface area contributed by atoms with E-state index in [1.807, 2.05) is 42.5 Å². The third-order valence-corrected chi connectivity index (χ3v) is 7.39. The Kier molecular flexibility index (Phi) is 6.53. The van der Waals surface area contributed by atoms with Crippen LogP contribution in [0.15, 0.2) is 78.9 Å². The van der Waals surface area contributed by atoms with Gasteiger partial charge in [-0.3, -0.25) is 9.50 Å². The van der Waals surface area contributed by atoms with Crippen molar-refractivity contribution >= 4 is 10.1 Å². The Morgan fingerprint density at radius 1 is 0.917 bits per heavy atom. The van der Waals surface area contributed by atoms with Gasteiger partial charge in [0.05, 0.1) is 31.1 Å². The minimum Gasteiger partial charge on any atom is -0.395 e. The summed E-state index contributed by atoms with van der Waals surface area (Å²) < 4.78 is 40.7. The summed E-state index contributed by atoms with van der Waals surface area (Å²) in [5.41, 5.74) is 4.60. The molecule has 5 rings (SSSR count). The van der Waals surface area contributed by atoms with Crippen molar-refractivity contribution in [2.45, 2.75) is 43.4 Å². The van der Waals surface area contributed by atoms with Crippen LogP contribution in [-0.4, -0.2) is 57.0 Å². The van der Waals surface area contributed by atoms with Crippen molar-refractivity contribution in [3.63, 3.8) is 0 Å². The van der Waals surface area contributed by atoms with Crippen LogP contribution >= 0.6 is 0 Å². The summed E-state index contributed by atoms with van der Waals surface area (Å²) in [5, 5.41) is 14.4. The van der Waals surface area contributed by atoms with Crippen LogP contribution in [0.25, 0.3) is 11.1 Å². The Hall–Kier alpha value is -2.59. The Balaban J connectivity index is 1.62. The molecule has 0 unspecified atom stereocenters. The summed E-state index contributed by atoms with van der Waals surface area (Å²) >= 11 is 0. The zero-order valence-electron chi connectivity index (χ0n) is 20.5. The van der Waals surface area contributed by atoms with E-state index in [0.717, 1.165) is 34.1 Å². The third-order valence-electron chi connectivity index (χ3n) is 6.82. The van der Waals surface area contributed by atoms with Gasteiger partial charge in [0.15, 0.2) is 5.79 Å². The highest BCUT2D eigenvalue weighted by molar-refractivity contribution is 7.85. The number of rotatable bonds is 8. The number of nitrogens with one attached hydrogen (secondary N) is 1. The first-order chi connectivity index (χ1) is 17.1. The average Bonchev–Trinajstić information content (AvgIpc) is 3.33. The standard InChI is InChI=1S/C28H31NO6S/c1-27(2)34-25(18-33-36(3,31)32)26(35-27)24(17-30)29-28(19-11-5-4-6-12-19)22-15-9-7-13-20(22)21-14-8-10-16-23(21)28/h4-16,24-26,29-30H,17-18H2,1-3H3/t24-,25+,26+/m0/s1. The Morgan fingerprint density at radius 2 is 1.47 bits per heavy atom. The van der Waals surface area contributed by atoms with Crippen LogP contribution in [-0.2, 0) is 29.3 Å². The molecule has 0 spiro atoms. The van der Waals surface area contributed by atoms with Crippen molar-refractivity contribution in [1.82, 2.24) is 5.32 Å². The fraction of sp³-hybridized carbons (Fsp3) is 0.357. The number of benzene rings is 3. The lowest BCUT2D eigenvalue weighted by molar-refractivity contribution is -0.151. The van der Waals surface area contributed by atoms with Crippen molar-refractivity contribution in [2.75, 3.05) is 19.5 Å². The molecule has 36 heavy (non-hydrogen) atoms. The lowest BCUT2D eigenvalue weighted by atomic mass is 9.79. The van der Waals surface area contributed by atoms with Crippen LogP contribution in [0.1, 0.15) is 30.5 Å². The number of ether oxygens (including phenoxy) is 2. The Morgan fingerprint density at radius 3 is 2.03 bits per heavy atom. The van der Waals surface area contributed by atoms with Crippen molar-refractivity contribution in [1.29, 1.82) is 0 Å². The van der Waals surface area contributed by atoms with Gasteiger partial charge in [0.25, 0.3) is 10.1 Å². The van der Waals surface area contributed by atoms with Crippen molar-refractivity contribution < 1.29 is 27.2 Å².